The Morgan fingerprint density at radius 3 is 2.66 bits per heavy atom. The molecule has 0 aliphatic rings. The fourth-order valence-electron chi connectivity index (χ4n) is 3.54. The number of anilines is 3. The summed E-state index contributed by atoms with van der Waals surface area (Å²) in [5.41, 5.74) is 11.6. The number of rotatable bonds is 9. The van der Waals surface area contributed by atoms with Crippen LogP contribution >= 0.6 is 0 Å². The van der Waals surface area contributed by atoms with Gasteiger partial charge in [-0.2, -0.15) is 9.97 Å². The Hall–Kier alpha value is -3.65. The second-order valence-corrected chi connectivity index (χ2v) is 7.91. The van der Waals surface area contributed by atoms with E-state index in [1.165, 1.54) is 0 Å². The minimum absolute atomic E-state index is 0.00381. The molecule has 166 valence electrons. The molecule has 8 heteroatoms. The van der Waals surface area contributed by atoms with Gasteiger partial charge in [0.1, 0.15) is 0 Å². The predicted octanol–water partition coefficient (Wildman–Crippen LogP) is 3.56. The van der Waals surface area contributed by atoms with Crippen LogP contribution in [0.15, 0.2) is 54.9 Å². The topological polar surface area (TPSA) is 114 Å². The lowest BCUT2D eigenvalue weighted by Crippen LogP contribution is -2.24. The summed E-state index contributed by atoms with van der Waals surface area (Å²) in [6.45, 7) is 5.19. The van der Waals surface area contributed by atoms with Crippen molar-refractivity contribution >= 4 is 28.6 Å². The van der Waals surface area contributed by atoms with Crippen LogP contribution in [0.5, 0.6) is 0 Å². The molecule has 2 heterocycles. The molecule has 2 aromatic carbocycles. The number of aryl methyl sites for hydroxylation is 1. The molecule has 0 spiro atoms. The molecular weight excluding hydrogens is 402 g/mol. The van der Waals surface area contributed by atoms with Crippen molar-refractivity contribution in [2.75, 3.05) is 23.0 Å². The first-order valence-electron chi connectivity index (χ1n) is 10.8. The van der Waals surface area contributed by atoms with Gasteiger partial charge in [0.05, 0.1) is 25.5 Å². The van der Waals surface area contributed by atoms with Gasteiger partial charge in [-0.15, -0.1) is 0 Å². The summed E-state index contributed by atoms with van der Waals surface area (Å²) >= 11 is 0. The van der Waals surface area contributed by atoms with Crippen LogP contribution in [0.25, 0.3) is 11.2 Å². The Bertz CT molecular complexity index is 1190. The third-order valence-electron chi connectivity index (χ3n) is 5.45. The number of nitrogens with one attached hydrogen (secondary N) is 2. The van der Waals surface area contributed by atoms with Gasteiger partial charge in [0.25, 0.3) is 0 Å². The van der Waals surface area contributed by atoms with Crippen molar-refractivity contribution in [1.29, 1.82) is 0 Å². The van der Waals surface area contributed by atoms with E-state index < -0.39 is 0 Å². The van der Waals surface area contributed by atoms with Gasteiger partial charge in [0.15, 0.2) is 17.0 Å². The smallest absolute Gasteiger partial charge is 0.227 e. The number of hydrogen-bond acceptors (Lipinski definition) is 7. The molecule has 2 aromatic heterocycles. The Labute approximate surface area is 187 Å². The number of aromatic nitrogens is 4. The number of aliphatic hydroxyl groups is 1. The molecule has 0 saturated heterocycles. The number of aliphatic hydroxyl groups excluding tert-OH is 1. The maximum atomic E-state index is 9.62. The molecule has 0 fully saturated rings. The monoisotopic (exact) mass is 431 g/mol. The van der Waals surface area contributed by atoms with E-state index in [-0.39, 0.29) is 12.6 Å². The van der Waals surface area contributed by atoms with Crippen LogP contribution in [0.2, 0.25) is 0 Å². The molecule has 4 rings (SSSR count). The summed E-state index contributed by atoms with van der Waals surface area (Å²) in [4.78, 5) is 14.0. The maximum Gasteiger partial charge on any atom is 0.227 e. The fourth-order valence-corrected chi connectivity index (χ4v) is 3.54. The zero-order chi connectivity index (χ0) is 22.5. The van der Waals surface area contributed by atoms with Crippen LogP contribution in [0, 0.1) is 6.92 Å². The van der Waals surface area contributed by atoms with Crippen molar-refractivity contribution in [2.24, 2.45) is 0 Å². The van der Waals surface area contributed by atoms with Crippen molar-refractivity contribution < 1.29 is 5.11 Å². The van der Waals surface area contributed by atoms with Gasteiger partial charge in [0.2, 0.25) is 5.95 Å². The number of nitrogens with zero attached hydrogens (tertiary/aromatic N) is 4. The second kappa shape index (κ2) is 9.65. The molecule has 0 radical (unpaired) electrons. The zero-order valence-corrected chi connectivity index (χ0v) is 18.4. The van der Waals surface area contributed by atoms with Crippen molar-refractivity contribution in [3.05, 3.63) is 71.5 Å². The molecule has 0 aliphatic carbocycles. The van der Waals surface area contributed by atoms with Gasteiger partial charge < -0.3 is 26.0 Å². The van der Waals surface area contributed by atoms with Crippen LogP contribution in [0.4, 0.5) is 17.5 Å². The van der Waals surface area contributed by atoms with Crippen LogP contribution in [-0.2, 0) is 13.1 Å². The van der Waals surface area contributed by atoms with Gasteiger partial charge in [-0.1, -0.05) is 49.4 Å². The standard InChI is InChI=1S/C24H29N7O/c1-3-19(14-32)28-24-29-22(26-12-18-10-9-16(2)11-20(18)25)21-23(30-24)31(15-27-21)13-17-7-5-4-6-8-17/h4-11,15,19,32H,3,12-14,25H2,1-2H3,(H2,26,28,29,30). The van der Waals surface area contributed by atoms with E-state index >= 15 is 0 Å². The van der Waals surface area contributed by atoms with E-state index in [2.05, 4.69) is 32.7 Å². The van der Waals surface area contributed by atoms with Crippen molar-refractivity contribution in [2.45, 2.75) is 39.4 Å². The fraction of sp³-hybridized carbons (Fsp3) is 0.292. The van der Waals surface area contributed by atoms with Crippen LogP contribution in [0.1, 0.15) is 30.0 Å². The van der Waals surface area contributed by atoms with E-state index in [1.807, 2.05) is 54.8 Å². The highest BCUT2D eigenvalue weighted by molar-refractivity contribution is 5.84. The Morgan fingerprint density at radius 2 is 1.94 bits per heavy atom. The average Bonchev–Trinajstić information content (AvgIpc) is 3.20. The highest BCUT2D eigenvalue weighted by Crippen LogP contribution is 2.24. The number of nitrogens with two attached hydrogens (primary N) is 1. The van der Waals surface area contributed by atoms with E-state index in [9.17, 15) is 5.11 Å². The largest absolute Gasteiger partial charge is 0.398 e. The lowest BCUT2D eigenvalue weighted by molar-refractivity contribution is 0.271. The minimum Gasteiger partial charge on any atom is -0.398 e. The van der Waals surface area contributed by atoms with Crippen LogP contribution in [-0.4, -0.2) is 37.3 Å². The zero-order valence-electron chi connectivity index (χ0n) is 18.4. The van der Waals surface area contributed by atoms with Gasteiger partial charge >= 0.3 is 0 Å². The summed E-state index contributed by atoms with van der Waals surface area (Å²) in [6, 6.07) is 16.1. The highest BCUT2D eigenvalue weighted by atomic mass is 16.3. The van der Waals surface area contributed by atoms with Crippen molar-refractivity contribution in [3.8, 4) is 0 Å². The highest BCUT2D eigenvalue weighted by Gasteiger charge is 2.16. The number of fused-ring (bicyclic) bond motifs is 1. The summed E-state index contributed by atoms with van der Waals surface area (Å²) < 4.78 is 2.00. The van der Waals surface area contributed by atoms with Gasteiger partial charge in [-0.05, 0) is 36.1 Å². The van der Waals surface area contributed by atoms with Gasteiger partial charge in [0, 0.05) is 12.2 Å². The lowest BCUT2D eigenvalue weighted by atomic mass is 10.1. The number of benzene rings is 2. The van der Waals surface area contributed by atoms with E-state index in [4.69, 9.17) is 10.7 Å². The Morgan fingerprint density at radius 1 is 1.12 bits per heavy atom. The van der Waals surface area contributed by atoms with Crippen molar-refractivity contribution in [3.63, 3.8) is 0 Å². The molecular formula is C24H29N7O. The molecule has 1 atom stereocenters. The Kier molecular flexibility index (Phi) is 6.51. The summed E-state index contributed by atoms with van der Waals surface area (Å²) in [6.07, 6.45) is 2.54. The maximum absolute atomic E-state index is 9.62. The SMILES string of the molecule is CCC(CO)Nc1nc(NCc2ccc(C)cc2N)c2ncn(Cc3ccccc3)c2n1. The van der Waals surface area contributed by atoms with Crippen LogP contribution in [0.3, 0.4) is 0 Å². The third kappa shape index (κ3) is 4.81. The number of nitrogen functional groups attached to an aromatic ring is 1. The molecule has 1 unspecified atom stereocenters. The van der Waals surface area contributed by atoms with Gasteiger partial charge in [-0.3, -0.25) is 0 Å². The van der Waals surface area contributed by atoms with E-state index in [0.29, 0.717) is 30.4 Å². The first-order chi connectivity index (χ1) is 15.6. The minimum atomic E-state index is -0.126. The molecule has 4 aromatic rings. The Balaban J connectivity index is 1.69. The molecule has 0 bridgehead atoms. The number of imidazole rings is 1. The van der Waals surface area contributed by atoms with E-state index in [1.54, 1.807) is 6.33 Å². The first-order valence-corrected chi connectivity index (χ1v) is 10.8. The van der Waals surface area contributed by atoms with Crippen molar-refractivity contribution in [1.82, 2.24) is 19.5 Å². The van der Waals surface area contributed by atoms with E-state index in [0.717, 1.165) is 34.4 Å². The molecule has 0 saturated carbocycles. The lowest BCUT2D eigenvalue weighted by Gasteiger charge is -2.16. The molecule has 32 heavy (non-hydrogen) atoms. The second-order valence-electron chi connectivity index (χ2n) is 7.91. The molecule has 0 amide bonds. The molecule has 8 nitrogen and oxygen atoms in total. The van der Waals surface area contributed by atoms with Gasteiger partial charge in [-0.25, -0.2) is 4.98 Å². The predicted molar refractivity (Wildman–Crippen MR) is 129 cm³/mol. The summed E-state index contributed by atoms with van der Waals surface area (Å²) in [7, 11) is 0. The molecule has 0 aliphatic heterocycles. The quantitative estimate of drug-likeness (QED) is 0.300. The third-order valence-corrected chi connectivity index (χ3v) is 5.45. The number of hydrogen-bond donors (Lipinski definition) is 4. The summed E-state index contributed by atoms with van der Waals surface area (Å²) in [5.74, 6) is 1.07. The molecule has 5 N–H and O–H groups in total. The first kappa shape index (κ1) is 21.6. The summed E-state index contributed by atoms with van der Waals surface area (Å²) in [5, 5.41) is 16.2. The average molecular weight is 432 g/mol. The van der Waals surface area contributed by atoms with Crippen LogP contribution < -0.4 is 16.4 Å². The normalized spacial score (nSPS) is 12.1.